The van der Waals surface area contributed by atoms with Crippen LogP contribution in [0.15, 0.2) is 27.2 Å². The maximum atomic E-state index is 5.79. The van der Waals surface area contributed by atoms with E-state index < -0.39 is 0 Å². The van der Waals surface area contributed by atoms with Crippen molar-refractivity contribution in [3.05, 3.63) is 28.5 Å². The number of rotatable bonds is 4. The van der Waals surface area contributed by atoms with Gasteiger partial charge in [-0.1, -0.05) is 34.9 Å². The van der Waals surface area contributed by atoms with Gasteiger partial charge in [0.25, 0.3) is 5.89 Å². The minimum atomic E-state index is -0.179. The average Bonchev–Trinajstić information content (AvgIpc) is 2.77. The topological polar surface area (TPSA) is 74.2 Å². The van der Waals surface area contributed by atoms with Crippen LogP contribution in [0.1, 0.15) is 25.8 Å². The van der Waals surface area contributed by atoms with E-state index in [1.165, 1.54) is 0 Å². The van der Waals surface area contributed by atoms with E-state index in [2.05, 4.69) is 26.1 Å². The second-order valence-corrected chi connectivity index (χ2v) is 5.55. The SMILES string of the molecule is COC(c1noc(-c2cc(N)cc(Br)c2)n1)C(C)C. The Labute approximate surface area is 120 Å². The fourth-order valence-corrected chi connectivity index (χ4v) is 2.39. The molecule has 5 nitrogen and oxygen atoms in total. The summed E-state index contributed by atoms with van der Waals surface area (Å²) in [5.41, 5.74) is 7.21. The van der Waals surface area contributed by atoms with Crippen LogP contribution in [0.5, 0.6) is 0 Å². The van der Waals surface area contributed by atoms with Crippen LogP contribution in [0.4, 0.5) is 5.69 Å². The lowest BCUT2D eigenvalue weighted by Crippen LogP contribution is -2.10. The molecule has 1 aromatic heterocycles. The van der Waals surface area contributed by atoms with E-state index in [0.717, 1.165) is 10.0 Å². The Bertz CT molecular complexity index is 549. The maximum Gasteiger partial charge on any atom is 0.258 e. The van der Waals surface area contributed by atoms with Crippen molar-refractivity contribution in [1.29, 1.82) is 0 Å². The summed E-state index contributed by atoms with van der Waals surface area (Å²) in [5, 5.41) is 3.98. The molecule has 2 N–H and O–H groups in total. The molecule has 0 aliphatic heterocycles. The predicted octanol–water partition coefficient (Wildman–Crippen LogP) is 3.42. The zero-order valence-electron chi connectivity index (χ0n) is 11.1. The summed E-state index contributed by atoms with van der Waals surface area (Å²) in [7, 11) is 1.64. The lowest BCUT2D eigenvalue weighted by molar-refractivity contribution is 0.0556. The van der Waals surface area contributed by atoms with Crippen LogP contribution >= 0.6 is 15.9 Å². The third kappa shape index (κ3) is 3.13. The van der Waals surface area contributed by atoms with Crippen molar-refractivity contribution in [3.8, 4) is 11.5 Å². The number of benzene rings is 1. The van der Waals surface area contributed by atoms with Gasteiger partial charge in [0.1, 0.15) is 6.10 Å². The molecule has 0 aliphatic rings. The van der Waals surface area contributed by atoms with Crippen molar-refractivity contribution in [2.24, 2.45) is 5.92 Å². The Kier molecular flexibility index (Phi) is 4.21. The standard InChI is InChI=1S/C13H16BrN3O2/c1-7(2)11(18-3)12-16-13(19-17-12)8-4-9(14)6-10(15)5-8/h4-7,11H,15H2,1-3H3. The molecule has 0 spiro atoms. The monoisotopic (exact) mass is 325 g/mol. The van der Waals surface area contributed by atoms with Crippen LogP contribution in [0.3, 0.4) is 0 Å². The summed E-state index contributed by atoms with van der Waals surface area (Å²) < 4.78 is 11.5. The molecular weight excluding hydrogens is 310 g/mol. The van der Waals surface area contributed by atoms with Gasteiger partial charge in [0, 0.05) is 22.8 Å². The fraction of sp³-hybridized carbons (Fsp3) is 0.385. The minimum Gasteiger partial charge on any atom is -0.399 e. The highest BCUT2D eigenvalue weighted by Gasteiger charge is 2.21. The lowest BCUT2D eigenvalue weighted by atomic mass is 10.1. The Morgan fingerprint density at radius 3 is 2.63 bits per heavy atom. The molecule has 1 aromatic carbocycles. The fourth-order valence-electron chi connectivity index (χ4n) is 1.88. The van der Waals surface area contributed by atoms with Gasteiger partial charge in [0.15, 0.2) is 0 Å². The summed E-state index contributed by atoms with van der Waals surface area (Å²) in [6.45, 7) is 4.09. The Hall–Kier alpha value is -1.40. The molecule has 0 amide bonds. The Morgan fingerprint density at radius 1 is 1.32 bits per heavy atom. The first-order chi connectivity index (χ1) is 9.01. The molecule has 6 heteroatoms. The first-order valence-corrected chi connectivity index (χ1v) is 6.73. The zero-order valence-corrected chi connectivity index (χ0v) is 12.6. The summed E-state index contributed by atoms with van der Waals surface area (Å²) in [6, 6.07) is 5.48. The lowest BCUT2D eigenvalue weighted by Gasteiger charge is -2.14. The number of hydrogen-bond acceptors (Lipinski definition) is 5. The van der Waals surface area contributed by atoms with Crippen LogP contribution in [-0.2, 0) is 4.74 Å². The van der Waals surface area contributed by atoms with Gasteiger partial charge in [0.2, 0.25) is 5.82 Å². The van der Waals surface area contributed by atoms with E-state index in [4.69, 9.17) is 15.0 Å². The number of ether oxygens (including phenoxy) is 1. The molecule has 0 radical (unpaired) electrons. The number of halogens is 1. The third-order valence-electron chi connectivity index (χ3n) is 2.72. The number of anilines is 1. The van der Waals surface area contributed by atoms with Crippen LogP contribution < -0.4 is 5.73 Å². The molecule has 2 aromatic rings. The van der Waals surface area contributed by atoms with Gasteiger partial charge in [-0.15, -0.1) is 0 Å². The van der Waals surface area contributed by atoms with Crippen molar-refractivity contribution in [2.75, 3.05) is 12.8 Å². The molecule has 102 valence electrons. The number of hydrogen-bond donors (Lipinski definition) is 1. The average molecular weight is 326 g/mol. The first kappa shape index (κ1) is 14.0. The highest BCUT2D eigenvalue weighted by Crippen LogP contribution is 2.28. The number of nitrogen functional groups attached to an aromatic ring is 1. The second kappa shape index (κ2) is 5.71. The molecule has 0 saturated carbocycles. The van der Waals surface area contributed by atoms with Crippen molar-refractivity contribution in [3.63, 3.8) is 0 Å². The second-order valence-electron chi connectivity index (χ2n) is 4.63. The minimum absolute atomic E-state index is 0.179. The van der Waals surface area contributed by atoms with Crippen LogP contribution in [0.25, 0.3) is 11.5 Å². The summed E-state index contributed by atoms with van der Waals surface area (Å²) in [5.74, 6) is 1.25. The first-order valence-electron chi connectivity index (χ1n) is 5.94. The van der Waals surface area contributed by atoms with E-state index in [9.17, 15) is 0 Å². The van der Waals surface area contributed by atoms with Crippen molar-refractivity contribution in [2.45, 2.75) is 20.0 Å². The molecule has 1 unspecified atom stereocenters. The summed E-state index contributed by atoms with van der Waals surface area (Å²) in [4.78, 5) is 4.38. The smallest absolute Gasteiger partial charge is 0.258 e. The van der Waals surface area contributed by atoms with E-state index in [-0.39, 0.29) is 12.0 Å². The zero-order chi connectivity index (χ0) is 14.0. The van der Waals surface area contributed by atoms with E-state index in [0.29, 0.717) is 17.4 Å². The molecule has 1 heterocycles. The quantitative estimate of drug-likeness (QED) is 0.872. The van der Waals surface area contributed by atoms with E-state index in [1.807, 2.05) is 26.0 Å². The Morgan fingerprint density at radius 2 is 2.05 bits per heavy atom. The van der Waals surface area contributed by atoms with Gasteiger partial charge in [0.05, 0.1) is 0 Å². The maximum absolute atomic E-state index is 5.79. The van der Waals surface area contributed by atoms with Gasteiger partial charge in [-0.25, -0.2) is 0 Å². The van der Waals surface area contributed by atoms with Gasteiger partial charge in [-0.3, -0.25) is 0 Å². The van der Waals surface area contributed by atoms with Crippen LogP contribution in [0.2, 0.25) is 0 Å². The number of nitrogens with two attached hydrogens (primary N) is 1. The molecule has 0 aliphatic carbocycles. The highest BCUT2D eigenvalue weighted by atomic mass is 79.9. The molecule has 0 saturated heterocycles. The van der Waals surface area contributed by atoms with Crippen molar-refractivity contribution in [1.82, 2.24) is 10.1 Å². The van der Waals surface area contributed by atoms with Gasteiger partial charge >= 0.3 is 0 Å². The molecule has 19 heavy (non-hydrogen) atoms. The molecule has 0 bridgehead atoms. The number of aromatic nitrogens is 2. The van der Waals surface area contributed by atoms with Gasteiger partial charge in [-0.2, -0.15) is 4.98 Å². The van der Waals surface area contributed by atoms with Crippen LogP contribution in [-0.4, -0.2) is 17.3 Å². The normalized spacial score (nSPS) is 12.9. The van der Waals surface area contributed by atoms with Crippen molar-refractivity contribution < 1.29 is 9.26 Å². The molecule has 2 rings (SSSR count). The van der Waals surface area contributed by atoms with E-state index in [1.54, 1.807) is 13.2 Å². The molecular formula is C13H16BrN3O2. The van der Waals surface area contributed by atoms with Gasteiger partial charge < -0.3 is 15.0 Å². The van der Waals surface area contributed by atoms with Crippen molar-refractivity contribution >= 4 is 21.6 Å². The third-order valence-corrected chi connectivity index (χ3v) is 3.18. The number of nitrogens with zero attached hydrogens (tertiary/aromatic N) is 2. The van der Waals surface area contributed by atoms with Gasteiger partial charge in [-0.05, 0) is 24.1 Å². The Balaban J connectivity index is 2.35. The molecule has 0 fully saturated rings. The largest absolute Gasteiger partial charge is 0.399 e. The number of methoxy groups -OCH3 is 1. The van der Waals surface area contributed by atoms with E-state index >= 15 is 0 Å². The predicted molar refractivity (Wildman–Crippen MR) is 76.4 cm³/mol. The molecule has 1 atom stereocenters. The highest BCUT2D eigenvalue weighted by molar-refractivity contribution is 9.10. The van der Waals surface area contributed by atoms with Crippen LogP contribution in [0, 0.1) is 5.92 Å². The summed E-state index contributed by atoms with van der Waals surface area (Å²) >= 11 is 3.39. The summed E-state index contributed by atoms with van der Waals surface area (Å²) in [6.07, 6.45) is -0.179.